The Morgan fingerprint density at radius 1 is 1.43 bits per heavy atom. The fourth-order valence-electron chi connectivity index (χ4n) is 2.18. The summed E-state index contributed by atoms with van der Waals surface area (Å²) in [6.45, 7) is 2.07. The highest BCUT2D eigenvalue weighted by atomic mass is 16.5. The predicted molar refractivity (Wildman–Crippen MR) is 53.8 cm³/mol. The Bertz CT molecular complexity index is 195. The van der Waals surface area contributed by atoms with Crippen LogP contribution in [0.2, 0.25) is 0 Å². The summed E-state index contributed by atoms with van der Waals surface area (Å²) in [6, 6.07) is 0. The maximum absolute atomic E-state index is 11.0. The van der Waals surface area contributed by atoms with Gasteiger partial charge in [0.05, 0.1) is 19.6 Å². The van der Waals surface area contributed by atoms with Crippen molar-refractivity contribution in [2.24, 2.45) is 5.41 Å². The number of ether oxygens (including phenoxy) is 1. The molecule has 0 spiro atoms. The molecule has 0 bridgehead atoms. The van der Waals surface area contributed by atoms with E-state index in [1.54, 1.807) is 0 Å². The lowest BCUT2D eigenvalue weighted by molar-refractivity contribution is -0.145. The van der Waals surface area contributed by atoms with E-state index < -0.39 is 6.10 Å². The lowest BCUT2D eigenvalue weighted by atomic mass is 9.71. The minimum atomic E-state index is -0.546. The van der Waals surface area contributed by atoms with Crippen LogP contribution in [0.4, 0.5) is 0 Å². The smallest absolute Gasteiger partial charge is 0.308 e. The summed E-state index contributed by atoms with van der Waals surface area (Å²) >= 11 is 0. The quantitative estimate of drug-likeness (QED) is 0.707. The normalized spacial score (nSPS) is 22.8. The van der Waals surface area contributed by atoms with E-state index in [4.69, 9.17) is 0 Å². The Kier molecular flexibility index (Phi) is 3.93. The van der Waals surface area contributed by atoms with Crippen molar-refractivity contribution in [3.05, 3.63) is 0 Å². The average Bonchev–Trinajstić information content (AvgIpc) is 2.18. The van der Waals surface area contributed by atoms with Gasteiger partial charge >= 0.3 is 5.97 Å². The Morgan fingerprint density at radius 3 is 2.50 bits per heavy atom. The number of carbonyl (C=O) groups excluding carboxylic acids is 1. The summed E-state index contributed by atoms with van der Waals surface area (Å²) < 4.78 is 4.56. The lowest BCUT2D eigenvalue weighted by Gasteiger charge is -2.37. The van der Waals surface area contributed by atoms with Crippen molar-refractivity contribution in [3.63, 3.8) is 0 Å². The Balaban J connectivity index is 2.48. The van der Waals surface area contributed by atoms with Crippen molar-refractivity contribution in [3.8, 4) is 0 Å². The van der Waals surface area contributed by atoms with E-state index in [1.807, 2.05) is 0 Å². The van der Waals surface area contributed by atoms with Crippen LogP contribution in [0.1, 0.15) is 45.4 Å². The first-order valence-electron chi connectivity index (χ1n) is 5.33. The summed E-state index contributed by atoms with van der Waals surface area (Å²) in [5, 5.41) is 9.93. The van der Waals surface area contributed by atoms with E-state index in [1.165, 1.54) is 13.5 Å². The molecule has 1 fully saturated rings. The number of aliphatic hydroxyl groups excluding tert-OH is 1. The topological polar surface area (TPSA) is 46.5 Å². The molecule has 0 unspecified atom stereocenters. The minimum absolute atomic E-state index is 0.0769. The minimum Gasteiger partial charge on any atom is -0.469 e. The van der Waals surface area contributed by atoms with Crippen molar-refractivity contribution in [2.75, 3.05) is 7.11 Å². The van der Waals surface area contributed by atoms with Crippen molar-refractivity contribution in [2.45, 2.75) is 51.6 Å². The molecule has 0 saturated heterocycles. The molecule has 1 atom stereocenters. The molecule has 3 heteroatoms. The van der Waals surface area contributed by atoms with Gasteiger partial charge in [0, 0.05) is 0 Å². The zero-order valence-corrected chi connectivity index (χ0v) is 9.08. The molecule has 1 aliphatic carbocycles. The summed E-state index contributed by atoms with van der Waals surface area (Å²) in [7, 11) is 1.36. The van der Waals surface area contributed by atoms with Crippen LogP contribution >= 0.6 is 0 Å². The molecule has 3 nitrogen and oxygen atoms in total. The van der Waals surface area contributed by atoms with E-state index >= 15 is 0 Å². The second kappa shape index (κ2) is 4.78. The zero-order chi connectivity index (χ0) is 10.6. The van der Waals surface area contributed by atoms with E-state index in [-0.39, 0.29) is 17.8 Å². The van der Waals surface area contributed by atoms with Gasteiger partial charge in [-0.3, -0.25) is 4.79 Å². The number of aliphatic hydroxyl groups is 1. The predicted octanol–water partition coefficient (Wildman–Crippen LogP) is 1.88. The third kappa shape index (κ3) is 2.71. The van der Waals surface area contributed by atoms with Gasteiger partial charge in [0.15, 0.2) is 0 Å². The molecule has 1 rings (SSSR count). The molecule has 0 aliphatic heterocycles. The van der Waals surface area contributed by atoms with Crippen molar-refractivity contribution in [1.29, 1.82) is 0 Å². The molecule has 1 N–H and O–H groups in total. The first-order valence-corrected chi connectivity index (χ1v) is 5.33. The van der Waals surface area contributed by atoms with E-state index in [2.05, 4.69) is 11.7 Å². The summed E-state index contributed by atoms with van der Waals surface area (Å²) in [5.74, 6) is -0.315. The van der Waals surface area contributed by atoms with Gasteiger partial charge in [0.25, 0.3) is 0 Å². The van der Waals surface area contributed by atoms with Crippen LogP contribution in [0.15, 0.2) is 0 Å². The highest BCUT2D eigenvalue weighted by Crippen LogP contribution is 2.39. The fraction of sp³-hybridized carbons (Fsp3) is 0.909. The van der Waals surface area contributed by atoms with Gasteiger partial charge in [0.1, 0.15) is 0 Å². The van der Waals surface area contributed by atoms with Gasteiger partial charge in [-0.2, -0.15) is 0 Å². The molecule has 0 amide bonds. The molecule has 1 saturated carbocycles. The average molecular weight is 200 g/mol. The summed E-state index contributed by atoms with van der Waals surface area (Å²) in [5.41, 5.74) is -0.0769. The Hall–Kier alpha value is -0.570. The highest BCUT2D eigenvalue weighted by molar-refractivity contribution is 5.69. The van der Waals surface area contributed by atoms with Gasteiger partial charge in [-0.25, -0.2) is 0 Å². The maximum atomic E-state index is 11.0. The van der Waals surface area contributed by atoms with Gasteiger partial charge in [0.2, 0.25) is 0 Å². The number of esters is 1. The molecule has 0 heterocycles. The molecule has 14 heavy (non-hydrogen) atoms. The van der Waals surface area contributed by atoms with Crippen LogP contribution in [-0.2, 0) is 9.53 Å². The van der Waals surface area contributed by atoms with Crippen LogP contribution in [0, 0.1) is 5.41 Å². The number of hydrogen-bond acceptors (Lipinski definition) is 3. The lowest BCUT2D eigenvalue weighted by Crippen LogP contribution is -2.36. The molecular formula is C11H20O3. The first-order chi connectivity index (χ1) is 6.58. The number of methoxy groups -OCH3 is 1. The highest BCUT2D eigenvalue weighted by Gasteiger charge is 2.35. The van der Waals surface area contributed by atoms with E-state index in [0.29, 0.717) is 0 Å². The summed E-state index contributed by atoms with van der Waals surface area (Å²) in [6.07, 6.45) is 5.20. The van der Waals surface area contributed by atoms with Gasteiger partial charge in [-0.05, 0) is 18.3 Å². The first kappa shape index (κ1) is 11.5. The van der Waals surface area contributed by atoms with E-state index in [0.717, 1.165) is 25.7 Å². The van der Waals surface area contributed by atoms with Crippen LogP contribution in [-0.4, -0.2) is 24.3 Å². The van der Waals surface area contributed by atoms with Crippen molar-refractivity contribution < 1.29 is 14.6 Å². The number of carbonyl (C=O) groups is 1. The second-order valence-corrected chi connectivity index (χ2v) is 4.51. The monoisotopic (exact) mass is 200 g/mol. The molecule has 0 aromatic heterocycles. The molecule has 0 aromatic rings. The van der Waals surface area contributed by atoms with Crippen LogP contribution in [0.25, 0.3) is 0 Å². The Morgan fingerprint density at radius 2 is 2.00 bits per heavy atom. The molecule has 0 aromatic carbocycles. The largest absolute Gasteiger partial charge is 0.469 e. The molecule has 0 radical (unpaired) electrons. The number of rotatable bonds is 3. The van der Waals surface area contributed by atoms with Crippen LogP contribution in [0.5, 0.6) is 0 Å². The van der Waals surface area contributed by atoms with Crippen molar-refractivity contribution in [1.82, 2.24) is 0 Å². The third-order valence-corrected chi connectivity index (χ3v) is 3.39. The van der Waals surface area contributed by atoms with Gasteiger partial charge < -0.3 is 9.84 Å². The van der Waals surface area contributed by atoms with Crippen LogP contribution < -0.4 is 0 Å². The molecular weight excluding hydrogens is 180 g/mol. The second-order valence-electron chi connectivity index (χ2n) is 4.51. The van der Waals surface area contributed by atoms with Gasteiger partial charge in [-0.15, -0.1) is 0 Å². The number of hydrogen-bond donors (Lipinski definition) is 1. The third-order valence-electron chi connectivity index (χ3n) is 3.39. The van der Waals surface area contributed by atoms with Gasteiger partial charge in [-0.1, -0.05) is 26.2 Å². The SMILES string of the molecule is COC(=O)C[C@H](O)C1(C)CCCCC1. The van der Waals surface area contributed by atoms with Crippen molar-refractivity contribution >= 4 is 5.97 Å². The standard InChI is InChI=1S/C11H20O3/c1-11(6-4-3-5-7-11)9(12)8-10(13)14-2/h9,12H,3-8H2,1-2H3/t9-/m0/s1. The molecule has 82 valence electrons. The van der Waals surface area contributed by atoms with E-state index in [9.17, 15) is 9.90 Å². The zero-order valence-electron chi connectivity index (χ0n) is 9.08. The maximum Gasteiger partial charge on any atom is 0.308 e. The molecule has 1 aliphatic rings. The fourth-order valence-corrected chi connectivity index (χ4v) is 2.18. The Labute approximate surface area is 85.5 Å². The van der Waals surface area contributed by atoms with Crippen LogP contribution in [0.3, 0.4) is 0 Å². The summed E-state index contributed by atoms with van der Waals surface area (Å²) in [4.78, 5) is 11.0.